The first-order valence-corrected chi connectivity index (χ1v) is 9.01. The monoisotopic (exact) mass is 489 g/mol. The molecule has 1 saturated heterocycles. The fourth-order valence-electron chi connectivity index (χ4n) is 2.24. The van der Waals surface area contributed by atoms with Crippen molar-refractivity contribution in [3.8, 4) is 0 Å². The lowest BCUT2D eigenvalue weighted by Gasteiger charge is -2.36. The molecule has 2 rings (SSSR count). The lowest BCUT2D eigenvalue weighted by molar-refractivity contribution is -0.113. The third-order valence-electron chi connectivity index (χ3n) is 3.37. The second kappa shape index (κ2) is 6.82. The number of carbonyl (C=O) groups is 2. The Bertz CT molecular complexity index is 639. The molecule has 0 aromatic carbocycles. The molecule has 0 radical (unpaired) electrons. The summed E-state index contributed by atoms with van der Waals surface area (Å²) in [6.07, 6.45) is 4.35. The van der Waals surface area contributed by atoms with Gasteiger partial charge in [-0.05, 0) is 13.0 Å². The number of imide groups is 1. The highest BCUT2D eigenvalue weighted by Crippen LogP contribution is 2.37. The molecule has 1 aliphatic carbocycles. The Hall–Kier alpha value is -0.440. The van der Waals surface area contributed by atoms with Gasteiger partial charge in [0.1, 0.15) is 9.06 Å². The SMILES string of the molecule is CC1(N2C(=O)NC(=O)C2=NC(Cl)C(Br)(Br)CCl)C=CC=C(F)C1. The van der Waals surface area contributed by atoms with E-state index < -0.39 is 32.0 Å². The summed E-state index contributed by atoms with van der Waals surface area (Å²) < 4.78 is 12.7. The largest absolute Gasteiger partial charge is 0.331 e. The Labute approximate surface area is 159 Å². The number of halogens is 5. The zero-order valence-electron chi connectivity index (χ0n) is 11.8. The summed E-state index contributed by atoms with van der Waals surface area (Å²) in [7, 11) is 0. The third kappa shape index (κ3) is 3.81. The van der Waals surface area contributed by atoms with E-state index in [1.54, 1.807) is 13.0 Å². The number of hydrogen-bond donors (Lipinski definition) is 1. The average Bonchev–Trinajstić information content (AvgIpc) is 2.73. The van der Waals surface area contributed by atoms with Crippen LogP contribution in [0.2, 0.25) is 0 Å². The number of rotatable bonds is 4. The van der Waals surface area contributed by atoms with Gasteiger partial charge in [-0.1, -0.05) is 55.6 Å². The molecule has 126 valence electrons. The number of nitrogens with one attached hydrogen (secondary N) is 1. The van der Waals surface area contributed by atoms with Crippen molar-refractivity contribution >= 4 is 72.8 Å². The minimum atomic E-state index is -1.06. The van der Waals surface area contributed by atoms with Gasteiger partial charge in [-0.25, -0.2) is 14.2 Å². The highest BCUT2D eigenvalue weighted by atomic mass is 79.9. The van der Waals surface area contributed by atoms with Gasteiger partial charge in [-0.3, -0.25) is 15.0 Å². The highest BCUT2D eigenvalue weighted by molar-refractivity contribution is 9.25. The van der Waals surface area contributed by atoms with Crippen molar-refractivity contribution in [2.24, 2.45) is 4.99 Å². The van der Waals surface area contributed by atoms with E-state index in [1.807, 2.05) is 0 Å². The molecule has 1 heterocycles. The van der Waals surface area contributed by atoms with Crippen LogP contribution >= 0.6 is 55.1 Å². The van der Waals surface area contributed by atoms with Crippen molar-refractivity contribution in [1.29, 1.82) is 0 Å². The number of urea groups is 1. The lowest BCUT2D eigenvalue weighted by Crippen LogP contribution is -2.50. The standard InChI is InChI=1S/C13H12Br2Cl2FN3O2/c1-12(4-2-3-7(18)5-12)21-8(9(22)20-11(21)23)19-10(17)13(14,15)6-16/h2-4,10H,5-6H2,1H3,(H,20,22,23). The summed E-state index contributed by atoms with van der Waals surface area (Å²) in [6.45, 7) is 1.63. The number of carbonyl (C=O) groups excluding carboxylic acids is 2. The van der Waals surface area contributed by atoms with Crippen LogP contribution in [-0.2, 0) is 4.79 Å². The molecule has 0 spiro atoms. The lowest BCUT2D eigenvalue weighted by atomic mass is 9.91. The van der Waals surface area contributed by atoms with Crippen LogP contribution in [0.3, 0.4) is 0 Å². The topological polar surface area (TPSA) is 61.8 Å². The van der Waals surface area contributed by atoms with Crippen LogP contribution in [-0.4, -0.2) is 42.8 Å². The Morgan fingerprint density at radius 3 is 2.78 bits per heavy atom. The van der Waals surface area contributed by atoms with Crippen LogP contribution in [0.15, 0.2) is 29.0 Å². The third-order valence-corrected chi connectivity index (χ3v) is 6.86. The summed E-state index contributed by atoms with van der Waals surface area (Å²) in [6, 6.07) is -0.680. The molecular weight excluding hydrogens is 480 g/mol. The van der Waals surface area contributed by atoms with Gasteiger partial charge in [0.2, 0.25) is 5.84 Å². The van der Waals surface area contributed by atoms with Gasteiger partial charge in [0, 0.05) is 6.42 Å². The molecule has 1 aliphatic heterocycles. The fourth-order valence-corrected chi connectivity index (χ4v) is 2.84. The van der Waals surface area contributed by atoms with Crippen molar-refractivity contribution in [2.75, 3.05) is 5.88 Å². The van der Waals surface area contributed by atoms with E-state index in [2.05, 4.69) is 42.2 Å². The Balaban J connectivity index is 2.41. The van der Waals surface area contributed by atoms with Crippen LogP contribution in [0.25, 0.3) is 0 Å². The number of amides is 3. The minimum Gasteiger partial charge on any atom is -0.271 e. The van der Waals surface area contributed by atoms with E-state index in [1.165, 1.54) is 12.2 Å². The highest BCUT2D eigenvalue weighted by Gasteiger charge is 2.47. The van der Waals surface area contributed by atoms with Crippen LogP contribution in [0.4, 0.5) is 9.18 Å². The number of hydrogen-bond acceptors (Lipinski definition) is 3. The summed E-state index contributed by atoms with van der Waals surface area (Å²) in [5.41, 5.74) is -2.04. The molecule has 2 atom stereocenters. The maximum atomic E-state index is 13.7. The summed E-state index contributed by atoms with van der Waals surface area (Å²) in [4.78, 5) is 29.4. The quantitative estimate of drug-likeness (QED) is 0.369. The summed E-state index contributed by atoms with van der Waals surface area (Å²) in [5.74, 6) is -1.23. The second-order valence-corrected chi connectivity index (χ2v) is 9.86. The first-order valence-electron chi connectivity index (χ1n) is 6.46. The smallest absolute Gasteiger partial charge is 0.271 e. The molecule has 23 heavy (non-hydrogen) atoms. The normalized spacial score (nSPS) is 28.2. The molecule has 0 saturated carbocycles. The molecule has 1 N–H and O–H groups in total. The van der Waals surface area contributed by atoms with E-state index in [0.717, 1.165) is 4.90 Å². The molecule has 0 aromatic heterocycles. The number of allylic oxidation sites excluding steroid dienone is 2. The first-order chi connectivity index (χ1) is 10.6. The minimum absolute atomic E-state index is 0.0576. The van der Waals surface area contributed by atoms with Gasteiger partial charge in [-0.2, -0.15) is 0 Å². The van der Waals surface area contributed by atoms with Crippen molar-refractivity contribution in [3.05, 3.63) is 24.1 Å². The molecule has 1 fully saturated rings. The number of alkyl halides is 4. The average molecular weight is 492 g/mol. The molecular formula is C13H12Br2Cl2FN3O2. The molecule has 0 bridgehead atoms. The number of aliphatic imine (C=N–C) groups is 1. The second-order valence-electron chi connectivity index (χ2n) is 5.28. The Morgan fingerprint density at radius 1 is 1.57 bits per heavy atom. The first kappa shape index (κ1) is 18.9. The van der Waals surface area contributed by atoms with E-state index >= 15 is 0 Å². The number of nitrogens with zero attached hydrogens (tertiary/aromatic N) is 2. The van der Waals surface area contributed by atoms with Crippen molar-refractivity contribution in [2.45, 2.75) is 27.6 Å². The van der Waals surface area contributed by atoms with Crippen LogP contribution < -0.4 is 5.32 Å². The molecule has 2 aliphatic rings. The Kier molecular flexibility index (Phi) is 5.60. The Morgan fingerprint density at radius 2 is 2.22 bits per heavy atom. The van der Waals surface area contributed by atoms with Crippen molar-refractivity contribution < 1.29 is 14.0 Å². The van der Waals surface area contributed by atoms with Gasteiger partial charge in [0.05, 0.1) is 11.4 Å². The predicted octanol–water partition coefficient (Wildman–Crippen LogP) is 3.80. The van der Waals surface area contributed by atoms with Gasteiger partial charge in [0.15, 0.2) is 5.50 Å². The van der Waals surface area contributed by atoms with Gasteiger partial charge < -0.3 is 0 Å². The molecule has 2 unspecified atom stereocenters. The van der Waals surface area contributed by atoms with Crippen molar-refractivity contribution in [1.82, 2.24) is 10.2 Å². The van der Waals surface area contributed by atoms with Crippen LogP contribution in [0.5, 0.6) is 0 Å². The van der Waals surface area contributed by atoms with Gasteiger partial charge in [0.25, 0.3) is 5.91 Å². The molecule has 0 aromatic rings. The van der Waals surface area contributed by atoms with Crippen LogP contribution in [0.1, 0.15) is 13.3 Å². The number of amidine groups is 1. The van der Waals surface area contributed by atoms with Gasteiger partial charge >= 0.3 is 6.03 Å². The fraction of sp³-hybridized carbons (Fsp3) is 0.462. The van der Waals surface area contributed by atoms with E-state index in [-0.39, 0.29) is 18.1 Å². The summed E-state index contributed by atoms with van der Waals surface area (Å²) in [5, 5.41) is 2.15. The molecule has 5 nitrogen and oxygen atoms in total. The van der Waals surface area contributed by atoms with Crippen LogP contribution in [0, 0.1) is 0 Å². The van der Waals surface area contributed by atoms with Crippen molar-refractivity contribution in [3.63, 3.8) is 0 Å². The maximum absolute atomic E-state index is 13.7. The molecule has 10 heteroatoms. The zero-order chi connectivity index (χ0) is 17.4. The van der Waals surface area contributed by atoms with E-state index in [0.29, 0.717) is 0 Å². The zero-order valence-corrected chi connectivity index (χ0v) is 16.5. The maximum Gasteiger partial charge on any atom is 0.331 e. The van der Waals surface area contributed by atoms with E-state index in [4.69, 9.17) is 23.2 Å². The van der Waals surface area contributed by atoms with E-state index in [9.17, 15) is 14.0 Å². The predicted molar refractivity (Wildman–Crippen MR) is 95.1 cm³/mol. The summed E-state index contributed by atoms with van der Waals surface area (Å²) >= 11 is 18.4. The molecule has 3 amide bonds. The van der Waals surface area contributed by atoms with Gasteiger partial charge in [-0.15, -0.1) is 11.6 Å².